The molecule has 1 saturated heterocycles. The molecular weight excluding hydrogens is 292 g/mol. The standard InChI is InChI=1S/C17H22N4O2/c1-3-20-7-4-8-21(17(20)22)15-9-12-11-19-14(5-6-18)13(12)10-16(15)23-2/h9-10,14,19H,3-5,7-8,11H2,1-2H3. The van der Waals surface area contributed by atoms with Crippen LogP contribution in [0, 0.1) is 11.3 Å². The quantitative estimate of drug-likeness (QED) is 0.926. The molecule has 2 amide bonds. The molecule has 2 aliphatic rings. The molecule has 122 valence electrons. The maximum absolute atomic E-state index is 12.6. The summed E-state index contributed by atoms with van der Waals surface area (Å²) in [6.07, 6.45) is 1.39. The Kier molecular flexibility index (Phi) is 4.39. The molecule has 0 aromatic heterocycles. The molecule has 6 nitrogen and oxygen atoms in total. The van der Waals surface area contributed by atoms with Crippen LogP contribution in [0.4, 0.5) is 10.5 Å². The zero-order valence-electron chi connectivity index (χ0n) is 13.6. The van der Waals surface area contributed by atoms with Crippen LogP contribution in [0.1, 0.15) is 36.9 Å². The van der Waals surface area contributed by atoms with Gasteiger partial charge in [0.15, 0.2) is 0 Å². The van der Waals surface area contributed by atoms with Gasteiger partial charge in [0.25, 0.3) is 0 Å². The highest BCUT2D eigenvalue weighted by atomic mass is 16.5. The first-order chi connectivity index (χ1) is 11.2. The molecule has 2 aliphatic heterocycles. The van der Waals surface area contributed by atoms with Crippen LogP contribution in [0.15, 0.2) is 12.1 Å². The van der Waals surface area contributed by atoms with Crippen molar-refractivity contribution in [2.75, 3.05) is 31.6 Å². The second kappa shape index (κ2) is 6.47. The fourth-order valence-electron chi connectivity index (χ4n) is 3.39. The number of carbonyl (C=O) groups excluding carboxylic acids is 1. The molecule has 0 spiro atoms. The van der Waals surface area contributed by atoms with Crippen molar-refractivity contribution in [1.29, 1.82) is 5.26 Å². The van der Waals surface area contributed by atoms with Crippen molar-refractivity contribution in [1.82, 2.24) is 10.2 Å². The van der Waals surface area contributed by atoms with Crippen molar-refractivity contribution in [3.8, 4) is 11.8 Å². The van der Waals surface area contributed by atoms with Gasteiger partial charge in [-0.2, -0.15) is 5.26 Å². The molecule has 0 bridgehead atoms. The largest absolute Gasteiger partial charge is 0.495 e. The van der Waals surface area contributed by atoms with E-state index in [-0.39, 0.29) is 12.1 Å². The lowest BCUT2D eigenvalue weighted by Crippen LogP contribution is -2.49. The summed E-state index contributed by atoms with van der Waals surface area (Å²) in [6, 6.07) is 6.31. The number of hydrogen-bond acceptors (Lipinski definition) is 4. The maximum Gasteiger partial charge on any atom is 0.324 e. The normalized spacial score (nSPS) is 20.4. The summed E-state index contributed by atoms with van der Waals surface area (Å²) in [5.41, 5.74) is 3.07. The van der Waals surface area contributed by atoms with Crippen molar-refractivity contribution in [3.63, 3.8) is 0 Å². The molecule has 1 N–H and O–H groups in total. The van der Waals surface area contributed by atoms with E-state index in [0.717, 1.165) is 36.3 Å². The second-order valence-corrected chi connectivity index (χ2v) is 5.89. The van der Waals surface area contributed by atoms with E-state index in [1.165, 1.54) is 0 Å². The first-order valence-electron chi connectivity index (χ1n) is 8.07. The lowest BCUT2D eigenvalue weighted by Gasteiger charge is -2.35. The minimum atomic E-state index is 0.0385. The zero-order chi connectivity index (χ0) is 16.4. The third kappa shape index (κ3) is 2.73. The summed E-state index contributed by atoms with van der Waals surface area (Å²) >= 11 is 0. The van der Waals surface area contributed by atoms with Gasteiger partial charge in [0.05, 0.1) is 25.3 Å². The van der Waals surface area contributed by atoms with Crippen LogP contribution in [0.25, 0.3) is 0 Å². The van der Waals surface area contributed by atoms with Gasteiger partial charge in [0, 0.05) is 32.2 Å². The monoisotopic (exact) mass is 314 g/mol. The minimum absolute atomic E-state index is 0.0385. The van der Waals surface area contributed by atoms with E-state index < -0.39 is 0 Å². The number of urea groups is 1. The Morgan fingerprint density at radius 2 is 2.26 bits per heavy atom. The van der Waals surface area contributed by atoms with Gasteiger partial charge in [-0.1, -0.05) is 0 Å². The van der Waals surface area contributed by atoms with Gasteiger partial charge in [-0.3, -0.25) is 4.90 Å². The van der Waals surface area contributed by atoms with E-state index >= 15 is 0 Å². The highest BCUT2D eigenvalue weighted by molar-refractivity contribution is 5.94. The number of benzene rings is 1. The van der Waals surface area contributed by atoms with Gasteiger partial charge in [-0.15, -0.1) is 0 Å². The molecule has 6 heteroatoms. The molecule has 1 aromatic rings. The Hall–Kier alpha value is -2.26. The Labute approximate surface area is 136 Å². The van der Waals surface area contributed by atoms with Crippen LogP contribution in [0.5, 0.6) is 5.75 Å². The number of rotatable bonds is 4. The van der Waals surface area contributed by atoms with Gasteiger partial charge in [-0.05, 0) is 36.6 Å². The van der Waals surface area contributed by atoms with E-state index in [1.807, 2.05) is 28.9 Å². The number of methoxy groups -OCH3 is 1. The van der Waals surface area contributed by atoms with Crippen LogP contribution < -0.4 is 15.0 Å². The zero-order valence-corrected chi connectivity index (χ0v) is 13.6. The summed E-state index contributed by atoms with van der Waals surface area (Å²) in [4.78, 5) is 16.3. The number of nitrogens with zero attached hydrogens (tertiary/aromatic N) is 3. The maximum atomic E-state index is 12.6. The molecule has 2 heterocycles. The van der Waals surface area contributed by atoms with Gasteiger partial charge >= 0.3 is 6.03 Å². The number of hydrogen-bond donors (Lipinski definition) is 1. The summed E-state index contributed by atoms with van der Waals surface area (Å²) in [5.74, 6) is 0.696. The van der Waals surface area contributed by atoms with Crippen molar-refractivity contribution in [3.05, 3.63) is 23.3 Å². The van der Waals surface area contributed by atoms with Crippen LogP contribution in [-0.2, 0) is 6.54 Å². The molecular formula is C17H22N4O2. The van der Waals surface area contributed by atoms with Crippen LogP contribution in [0.3, 0.4) is 0 Å². The van der Waals surface area contributed by atoms with E-state index in [4.69, 9.17) is 10.00 Å². The van der Waals surface area contributed by atoms with Crippen molar-refractivity contribution in [2.45, 2.75) is 32.4 Å². The summed E-state index contributed by atoms with van der Waals surface area (Å²) < 4.78 is 5.54. The molecule has 1 atom stereocenters. The summed E-state index contributed by atoms with van der Waals surface area (Å²) in [6.45, 7) is 4.95. The average molecular weight is 314 g/mol. The van der Waals surface area contributed by atoms with Crippen LogP contribution in [0.2, 0.25) is 0 Å². The summed E-state index contributed by atoms with van der Waals surface area (Å²) in [5, 5.41) is 12.3. The van der Waals surface area contributed by atoms with E-state index in [2.05, 4.69) is 11.4 Å². The topological polar surface area (TPSA) is 68.6 Å². The number of anilines is 1. The Morgan fingerprint density at radius 3 is 2.96 bits per heavy atom. The molecule has 23 heavy (non-hydrogen) atoms. The molecule has 0 radical (unpaired) electrons. The predicted octanol–water partition coefficient (Wildman–Crippen LogP) is 2.41. The fourth-order valence-corrected chi connectivity index (χ4v) is 3.39. The number of fused-ring (bicyclic) bond motifs is 1. The Balaban J connectivity index is 1.97. The molecule has 1 aromatic carbocycles. The minimum Gasteiger partial charge on any atom is -0.495 e. The number of nitrogens with one attached hydrogen (secondary N) is 1. The smallest absolute Gasteiger partial charge is 0.324 e. The second-order valence-electron chi connectivity index (χ2n) is 5.89. The number of ether oxygens (including phenoxy) is 1. The SMILES string of the molecule is CCN1CCCN(c2cc3c(cc2OC)C(CC#N)NC3)C1=O. The molecule has 0 aliphatic carbocycles. The number of amides is 2. The van der Waals surface area contributed by atoms with Gasteiger partial charge in [-0.25, -0.2) is 4.79 Å². The summed E-state index contributed by atoms with van der Waals surface area (Å²) in [7, 11) is 1.62. The van der Waals surface area contributed by atoms with Crippen molar-refractivity contribution in [2.24, 2.45) is 0 Å². The van der Waals surface area contributed by atoms with E-state index in [1.54, 1.807) is 7.11 Å². The first kappa shape index (κ1) is 15.6. The highest BCUT2D eigenvalue weighted by Gasteiger charge is 2.30. The van der Waals surface area contributed by atoms with Gasteiger partial charge in [0.1, 0.15) is 5.75 Å². The van der Waals surface area contributed by atoms with Crippen molar-refractivity contribution < 1.29 is 9.53 Å². The number of nitriles is 1. The van der Waals surface area contributed by atoms with Crippen molar-refractivity contribution >= 4 is 11.7 Å². The lowest BCUT2D eigenvalue weighted by atomic mass is 10.0. The first-order valence-corrected chi connectivity index (χ1v) is 8.07. The predicted molar refractivity (Wildman–Crippen MR) is 87.4 cm³/mol. The third-order valence-corrected chi connectivity index (χ3v) is 4.63. The number of carbonyl (C=O) groups is 1. The van der Waals surface area contributed by atoms with Crippen LogP contribution >= 0.6 is 0 Å². The van der Waals surface area contributed by atoms with Gasteiger partial charge in [0.2, 0.25) is 0 Å². The van der Waals surface area contributed by atoms with E-state index in [0.29, 0.717) is 25.3 Å². The molecule has 0 saturated carbocycles. The van der Waals surface area contributed by atoms with Crippen LogP contribution in [-0.4, -0.2) is 37.7 Å². The van der Waals surface area contributed by atoms with Gasteiger partial charge < -0.3 is 15.0 Å². The Morgan fingerprint density at radius 1 is 1.43 bits per heavy atom. The lowest BCUT2D eigenvalue weighted by molar-refractivity contribution is 0.198. The fraction of sp³-hybridized carbons (Fsp3) is 0.529. The third-order valence-electron chi connectivity index (χ3n) is 4.63. The van der Waals surface area contributed by atoms with E-state index in [9.17, 15) is 4.79 Å². The molecule has 1 fully saturated rings. The highest BCUT2D eigenvalue weighted by Crippen LogP contribution is 2.38. The molecule has 1 unspecified atom stereocenters. The molecule has 3 rings (SSSR count). The average Bonchev–Trinajstić information content (AvgIpc) is 2.96. The Bertz CT molecular complexity index is 653.